The number of hydrogen-bond acceptors (Lipinski definition) is 3. The number of ether oxygens (including phenoxy) is 1. The molecule has 0 saturated carbocycles. The zero-order valence-electron chi connectivity index (χ0n) is 11.5. The standard InChI is InChI=1S/C13H16BrCl2NO3/c1-13(2,3)8(6-14)7-20-12-10(15)4-9(17(18)19)5-11(12)16/h4-5,8H,6-7H2,1-3H3. The van der Waals surface area contributed by atoms with E-state index in [1.165, 1.54) is 12.1 Å². The molecule has 1 rings (SSSR count). The van der Waals surface area contributed by atoms with Crippen molar-refractivity contribution in [2.24, 2.45) is 11.3 Å². The minimum atomic E-state index is -0.544. The van der Waals surface area contributed by atoms with Gasteiger partial charge in [0.1, 0.15) is 0 Å². The van der Waals surface area contributed by atoms with Crippen LogP contribution in [-0.4, -0.2) is 16.9 Å². The average molecular weight is 385 g/mol. The third kappa shape index (κ3) is 4.50. The molecule has 7 heteroatoms. The molecule has 4 nitrogen and oxygen atoms in total. The lowest BCUT2D eigenvalue weighted by molar-refractivity contribution is -0.384. The van der Waals surface area contributed by atoms with Crippen molar-refractivity contribution < 1.29 is 9.66 Å². The lowest BCUT2D eigenvalue weighted by Crippen LogP contribution is -2.28. The van der Waals surface area contributed by atoms with E-state index in [-0.39, 0.29) is 32.8 Å². The topological polar surface area (TPSA) is 52.4 Å². The van der Waals surface area contributed by atoms with E-state index in [4.69, 9.17) is 27.9 Å². The van der Waals surface area contributed by atoms with Crippen LogP contribution in [0.25, 0.3) is 0 Å². The quantitative estimate of drug-likeness (QED) is 0.391. The van der Waals surface area contributed by atoms with Gasteiger partial charge in [0.15, 0.2) is 5.75 Å². The fourth-order valence-electron chi connectivity index (χ4n) is 1.50. The van der Waals surface area contributed by atoms with E-state index in [1.54, 1.807) is 0 Å². The molecule has 112 valence electrons. The number of nitrogens with zero attached hydrogens (tertiary/aromatic N) is 1. The summed E-state index contributed by atoms with van der Waals surface area (Å²) in [4.78, 5) is 10.2. The van der Waals surface area contributed by atoms with Crippen molar-refractivity contribution in [2.75, 3.05) is 11.9 Å². The molecule has 0 bridgehead atoms. The largest absolute Gasteiger partial charge is 0.490 e. The van der Waals surface area contributed by atoms with Crippen molar-refractivity contribution in [2.45, 2.75) is 20.8 Å². The van der Waals surface area contributed by atoms with Gasteiger partial charge in [0.05, 0.1) is 21.6 Å². The Labute approximate surface area is 136 Å². The number of nitro groups is 1. The normalized spacial score (nSPS) is 13.1. The maximum atomic E-state index is 10.7. The third-order valence-corrected chi connectivity index (χ3v) is 4.38. The maximum Gasteiger partial charge on any atom is 0.272 e. The average Bonchev–Trinajstić information content (AvgIpc) is 2.30. The van der Waals surface area contributed by atoms with E-state index in [2.05, 4.69) is 36.7 Å². The van der Waals surface area contributed by atoms with Crippen LogP contribution < -0.4 is 4.74 Å². The van der Waals surface area contributed by atoms with E-state index >= 15 is 0 Å². The molecule has 0 heterocycles. The monoisotopic (exact) mass is 383 g/mol. The van der Waals surface area contributed by atoms with E-state index in [0.29, 0.717) is 6.61 Å². The first kappa shape index (κ1) is 17.5. The highest BCUT2D eigenvalue weighted by Gasteiger charge is 2.25. The van der Waals surface area contributed by atoms with Crippen LogP contribution in [0.1, 0.15) is 20.8 Å². The Bertz CT molecular complexity index is 480. The van der Waals surface area contributed by atoms with Crippen LogP contribution >= 0.6 is 39.1 Å². The summed E-state index contributed by atoms with van der Waals surface area (Å²) >= 11 is 15.4. The van der Waals surface area contributed by atoms with Crippen molar-refractivity contribution in [3.63, 3.8) is 0 Å². The molecule has 0 spiro atoms. The summed E-state index contributed by atoms with van der Waals surface area (Å²) in [6.07, 6.45) is 0. The zero-order valence-corrected chi connectivity index (χ0v) is 14.5. The molecular formula is C13H16BrCl2NO3. The molecule has 0 aliphatic rings. The summed E-state index contributed by atoms with van der Waals surface area (Å²) in [6.45, 7) is 6.76. The first-order valence-corrected chi connectivity index (χ1v) is 7.86. The Hall–Kier alpha value is -0.520. The third-order valence-electron chi connectivity index (χ3n) is 3.03. The molecule has 0 saturated heterocycles. The van der Waals surface area contributed by atoms with Crippen LogP contribution in [0.4, 0.5) is 5.69 Å². The molecule has 0 N–H and O–H groups in total. The smallest absolute Gasteiger partial charge is 0.272 e. The summed E-state index contributed by atoms with van der Waals surface area (Å²) in [6, 6.07) is 2.48. The van der Waals surface area contributed by atoms with Crippen LogP contribution in [0.15, 0.2) is 12.1 Å². The van der Waals surface area contributed by atoms with Crippen LogP contribution in [-0.2, 0) is 0 Å². The molecule has 1 aromatic carbocycles. The van der Waals surface area contributed by atoms with E-state index in [1.807, 2.05) is 0 Å². The summed E-state index contributed by atoms with van der Waals surface area (Å²) in [5.74, 6) is 0.541. The highest BCUT2D eigenvalue weighted by molar-refractivity contribution is 9.09. The number of halogens is 3. The predicted molar refractivity (Wildman–Crippen MR) is 85.4 cm³/mol. The zero-order chi connectivity index (χ0) is 15.5. The molecule has 0 aliphatic heterocycles. The summed E-state index contributed by atoms with van der Waals surface area (Å²) in [5.41, 5.74) is -0.0938. The van der Waals surface area contributed by atoms with Crippen molar-refractivity contribution in [1.29, 1.82) is 0 Å². The van der Waals surface area contributed by atoms with Crippen molar-refractivity contribution in [3.05, 3.63) is 32.3 Å². The van der Waals surface area contributed by atoms with Crippen LogP contribution in [0, 0.1) is 21.4 Å². The molecule has 0 aromatic heterocycles. The van der Waals surface area contributed by atoms with Gasteiger partial charge in [0.2, 0.25) is 0 Å². The van der Waals surface area contributed by atoms with Gasteiger partial charge in [-0.05, 0) is 5.41 Å². The number of rotatable bonds is 5. The molecule has 1 aromatic rings. The predicted octanol–water partition coefficient (Wildman–Crippen LogP) is 5.34. The van der Waals surface area contributed by atoms with Gasteiger partial charge in [-0.25, -0.2) is 0 Å². The van der Waals surface area contributed by atoms with Gasteiger partial charge < -0.3 is 4.74 Å². The van der Waals surface area contributed by atoms with Gasteiger partial charge in [0.25, 0.3) is 5.69 Å². The van der Waals surface area contributed by atoms with Crippen LogP contribution in [0.5, 0.6) is 5.75 Å². The second-order valence-corrected chi connectivity index (χ2v) is 6.99. The maximum absolute atomic E-state index is 10.7. The van der Waals surface area contributed by atoms with Gasteiger partial charge >= 0.3 is 0 Å². The Kier molecular flexibility index (Phi) is 6.10. The Morgan fingerprint density at radius 2 is 1.85 bits per heavy atom. The molecule has 0 radical (unpaired) electrons. The van der Waals surface area contributed by atoms with E-state index in [0.717, 1.165) is 5.33 Å². The first-order valence-electron chi connectivity index (χ1n) is 5.99. The minimum Gasteiger partial charge on any atom is -0.490 e. The molecule has 20 heavy (non-hydrogen) atoms. The van der Waals surface area contributed by atoms with Crippen molar-refractivity contribution in [3.8, 4) is 5.75 Å². The number of non-ortho nitro benzene ring substituents is 1. The van der Waals surface area contributed by atoms with E-state index < -0.39 is 4.92 Å². The minimum absolute atomic E-state index is 0.0588. The van der Waals surface area contributed by atoms with Gasteiger partial charge in [-0.3, -0.25) is 10.1 Å². The van der Waals surface area contributed by atoms with Crippen molar-refractivity contribution in [1.82, 2.24) is 0 Å². The van der Waals surface area contributed by atoms with Gasteiger partial charge in [-0.15, -0.1) is 0 Å². The summed E-state index contributed by atoms with van der Waals surface area (Å²) in [7, 11) is 0. The van der Waals surface area contributed by atoms with E-state index in [9.17, 15) is 10.1 Å². The molecular weight excluding hydrogens is 369 g/mol. The number of hydrogen-bond donors (Lipinski definition) is 0. The SMILES string of the molecule is CC(C)(C)C(CBr)COc1c(Cl)cc([N+](=O)[O-])cc1Cl. The molecule has 1 atom stereocenters. The number of benzene rings is 1. The number of nitro benzene ring substituents is 1. The highest BCUT2D eigenvalue weighted by Crippen LogP contribution is 2.38. The second kappa shape index (κ2) is 6.96. The van der Waals surface area contributed by atoms with Crippen LogP contribution in [0.2, 0.25) is 10.0 Å². The van der Waals surface area contributed by atoms with Crippen LogP contribution in [0.3, 0.4) is 0 Å². The molecule has 0 fully saturated rings. The lowest BCUT2D eigenvalue weighted by Gasteiger charge is -2.29. The molecule has 0 aliphatic carbocycles. The summed E-state index contributed by atoms with van der Waals surface area (Å²) in [5, 5.41) is 11.8. The number of alkyl halides is 1. The Morgan fingerprint density at radius 3 is 2.20 bits per heavy atom. The van der Waals surface area contributed by atoms with Crippen molar-refractivity contribution >= 4 is 44.8 Å². The van der Waals surface area contributed by atoms with Gasteiger partial charge in [-0.1, -0.05) is 59.9 Å². The Morgan fingerprint density at radius 1 is 1.35 bits per heavy atom. The highest BCUT2D eigenvalue weighted by atomic mass is 79.9. The van der Waals surface area contributed by atoms with Gasteiger partial charge in [-0.2, -0.15) is 0 Å². The summed E-state index contributed by atoms with van der Waals surface area (Å²) < 4.78 is 5.67. The fraction of sp³-hybridized carbons (Fsp3) is 0.538. The molecule has 0 amide bonds. The first-order chi connectivity index (χ1) is 9.16. The lowest BCUT2D eigenvalue weighted by atomic mass is 9.83. The van der Waals surface area contributed by atoms with Gasteiger partial charge in [0, 0.05) is 23.4 Å². The second-order valence-electron chi connectivity index (χ2n) is 5.52. The Balaban J connectivity index is 2.91. The fourth-order valence-corrected chi connectivity index (χ4v) is 3.24. The molecule has 1 unspecified atom stereocenters.